The highest BCUT2D eigenvalue weighted by molar-refractivity contribution is 8.18. The largest absolute Gasteiger partial charge is 0.340 e. The molecule has 4 nitrogen and oxygen atoms in total. The number of nitrogens with one attached hydrogen (secondary N) is 1. The van der Waals surface area contributed by atoms with Gasteiger partial charge in [-0.25, -0.2) is 4.99 Å². The van der Waals surface area contributed by atoms with Crippen LogP contribution >= 0.6 is 11.8 Å². The van der Waals surface area contributed by atoms with Gasteiger partial charge in [-0.2, -0.15) is 0 Å². The Labute approximate surface area is 185 Å². The van der Waals surface area contributed by atoms with Gasteiger partial charge in [-0.3, -0.25) is 4.79 Å². The lowest BCUT2D eigenvalue weighted by Crippen LogP contribution is -2.19. The summed E-state index contributed by atoms with van der Waals surface area (Å²) in [4.78, 5) is 18.1. The number of carbonyl (C=O) groups excluding carboxylic acids is 1. The van der Waals surface area contributed by atoms with Crippen LogP contribution in [0.1, 0.15) is 11.3 Å². The lowest BCUT2D eigenvalue weighted by Gasteiger charge is -2.04. The van der Waals surface area contributed by atoms with E-state index in [2.05, 4.69) is 47.7 Å². The average molecular weight is 424 g/mol. The Bertz CT molecular complexity index is 1410. The minimum absolute atomic E-state index is 0.121. The molecule has 0 radical (unpaired) electrons. The van der Waals surface area contributed by atoms with E-state index in [9.17, 15) is 4.79 Å². The van der Waals surface area contributed by atoms with Crippen molar-refractivity contribution in [2.24, 2.45) is 4.99 Å². The summed E-state index contributed by atoms with van der Waals surface area (Å²) < 4.78 is 2.22. The van der Waals surface area contributed by atoms with Gasteiger partial charge in [0.1, 0.15) is 0 Å². The molecule has 31 heavy (non-hydrogen) atoms. The zero-order valence-electron chi connectivity index (χ0n) is 17.1. The molecule has 4 aromatic rings. The molecule has 1 amide bonds. The third-order valence-corrected chi connectivity index (χ3v) is 6.42. The van der Waals surface area contributed by atoms with Crippen molar-refractivity contribution in [3.8, 4) is 0 Å². The molecule has 1 aromatic heterocycles. The van der Waals surface area contributed by atoms with Crippen LogP contribution in [0.2, 0.25) is 0 Å². The lowest BCUT2D eigenvalue weighted by molar-refractivity contribution is -0.115. The van der Waals surface area contributed by atoms with Gasteiger partial charge in [-0.15, -0.1) is 6.58 Å². The summed E-state index contributed by atoms with van der Waals surface area (Å²) in [6.07, 6.45) is 3.87. The van der Waals surface area contributed by atoms with Gasteiger partial charge in [0.05, 0.1) is 10.6 Å². The van der Waals surface area contributed by atoms with Crippen LogP contribution < -0.4 is 5.32 Å². The number of carbonyl (C=O) groups is 1. The van der Waals surface area contributed by atoms with Gasteiger partial charge in [0, 0.05) is 34.1 Å². The fraction of sp³-hybridized carbons (Fsp3) is 0.0769. The highest BCUT2D eigenvalue weighted by atomic mass is 32.2. The van der Waals surface area contributed by atoms with Crippen molar-refractivity contribution in [2.75, 3.05) is 0 Å². The van der Waals surface area contributed by atoms with Gasteiger partial charge < -0.3 is 9.88 Å². The number of aromatic nitrogens is 1. The molecule has 1 aliphatic rings. The van der Waals surface area contributed by atoms with Crippen LogP contribution in [0.25, 0.3) is 27.8 Å². The van der Waals surface area contributed by atoms with E-state index >= 15 is 0 Å². The first-order valence-corrected chi connectivity index (χ1v) is 10.9. The Hall–Kier alpha value is -3.57. The highest BCUT2D eigenvalue weighted by Gasteiger charge is 2.25. The van der Waals surface area contributed by atoms with Crippen LogP contribution in [0.5, 0.6) is 0 Å². The zero-order valence-corrected chi connectivity index (χ0v) is 17.9. The van der Waals surface area contributed by atoms with Crippen LogP contribution in [0.3, 0.4) is 0 Å². The van der Waals surface area contributed by atoms with Crippen LogP contribution in [0.15, 0.2) is 89.3 Å². The van der Waals surface area contributed by atoms with Gasteiger partial charge in [-0.05, 0) is 42.3 Å². The molecule has 0 atom stereocenters. The highest BCUT2D eigenvalue weighted by Crippen LogP contribution is 2.34. The van der Waals surface area contributed by atoms with Crippen molar-refractivity contribution in [2.45, 2.75) is 13.5 Å². The maximum absolute atomic E-state index is 12.7. The number of benzene rings is 3. The first-order valence-electron chi connectivity index (χ1n) is 10.1. The molecule has 0 spiro atoms. The van der Waals surface area contributed by atoms with Crippen molar-refractivity contribution in [3.05, 3.63) is 95.5 Å². The monoisotopic (exact) mass is 423 g/mol. The molecule has 5 rings (SSSR count). The van der Waals surface area contributed by atoms with Gasteiger partial charge >= 0.3 is 0 Å². The minimum Gasteiger partial charge on any atom is -0.340 e. The first kappa shape index (κ1) is 19.4. The maximum Gasteiger partial charge on any atom is 0.264 e. The normalized spacial score (nSPS) is 16.5. The molecule has 2 heterocycles. The summed E-state index contributed by atoms with van der Waals surface area (Å²) in [5.74, 6) is -0.121. The number of amidine groups is 1. The third-order valence-electron chi connectivity index (χ3n) is 5.51. The van der Waals surface area contributed by atoms with E-state index in [1.807, 2.05) is 54.6 Å². The number of hydrogen-bond donors (Lipinski definition) is 1. The molecule has 0 saturated carbocycles. The number of thioether (sulfide) groups is 1. The van der Waals surface area contributed by atoms with Gasteiger partial charge in [0.2, 0.25) is 0 Å². The van der Waals surface area contributed by atoms with Gasteiger partial charge in [0.25, 0.3) is 5.91 Å². The fourth-order valence-corrected chi connectivity index (χ4v) is 4.85. The van der Waals surface area contributed by atoms with E-state index < -0.39 is 0 Å². The maximum atomic E-state index is 12.7. The second-order valence-corrected chi connectivity index (χ2v) is 8.43. The number of rotatable bonds is 4. The van der Waals surface area contributed by atoms with Crippen molar-refractivity contribution in [1.82, 2.24) is 9.88 Å². The number of aliphatic imine (C=N–C) groups is 1. The Morgan fingerprint density at radius 3 is 2.61 bits per heavy atom. The molecule has 1 fully saturated rings. The summed E-state index contributed by atoms with van der Waals surface area (Å²) in [6, 6.07) is 22.4. The van der Waals surface area contributed by atoms with Crippen LogP contribution in [0, 0.1) is 6.92 Å². The van der Waals surface area contributed by atoms with Crippen LogP contribution in [-0.4, -0.2) is 15.6 Å². The Balaban J connectivity index is 1.55. The summed E-state index contributed by atoms with van der Waals surface area (Å²) >= 11 is 1.38. The fourth-order valence-electron chi connectivity index (χ4n) is 4.03. The molecule has 5 heteroatoms. The minimum atomic E-state index is -0.121. The molecule has 0 aliphatic carbocycles. The lowest BCUT2D eigenvalue weighted by atomic mass is 10.1. The zero-order chi connectivity index (χ0) is 21.4. The van der Waals surface area contributed by atoms with E-state index in [1.54, 1.807) is 0 Å². The number of nitrogens with zero attached hydrogens (tertiary/aromatic N) is 2. The van der Waals surface area contributed by atoms with E-state index in [4.69, 9.17) is 4.99 Å². The Morgan fingerprint density at radius 2 is 1.77 bits per heavy atom. The van der Waals surface area contributed by atoms with E-state index in [0.29, 0.717) is 10.1 Å². The summed E-state index contributed by atoms with van der Waals surface area (Å²) in [5, 5.41) is 6.83. The number of para-hydroxylation sites is 1. The number of fused-ring (bicyclic) bond motifs is 2. The van der Waals surface area contributed by atoms with E-state index in [1.165, 1.54) is 11.8 Å². The molecule has 0 bridgehead atoms. The van der Waals surface area contributed by atoms with E-state index in [0.717, 1.165) is 45.2 Å². The Morgan fingerprint density at radius 1 is 1.03 bits per heavy atom. The summed E-state index contributed by atoms with van der Waals surface area (Å²) in [6.45, 7) is 6.69. The number of hydrogen-bond acceptors (Lipinski definition) is 3. The number of allylic oxidation sites excluding steroid dienone is 1. The average Bonchev–Trinajstić information content (AvgIpc) is 3.26. The molecule has 3 aromatic carbocycles. The van der Waals surface area contributed by atoms with E-state index in [-0.39, 0.29) is 5.91 Å². The first-order chi connectivity index (χ1) is 15.2. The summed E-state index contributed by atoms with van der Waals surface area (Å²) in [7, 11) is 0. The summed E-state index contributed by atoms with van der Waals surface area (Å²) in [5.41, 5.74) is 4.16. The topological polar surface area (TPSA) is 46.4 Å². The molecule has 1 saturated heterocycles. The molecule has 0 unspecified atom stereocenters. The van der Waals surface area contributed by atoms with Crippen molar-refractivity contribution < 1.29 is 4.79 Å². The van der Waals surface area contributed by atoms with Crippen LogP contribution in [-0.2, 0) is 11.3 Å². The second-order valence-electron chi connectivity index (χ2n) is 7.40. The molecule has 1 aliphatic heterocycles. The van der Waals surface area contributed by atoms with Gasteiger partial charge in [-0.1, -0.05) is 60.7 Å². The SMILES string of the molecule is C=CCn1c(C)c(/C=C2\SC(=Nc3cccc4ccccc34)NC2=O)c2ccccc21. The number of amides is 1. The molecule has 152 valence electrons. The molecular weight excluding hydrogens is 402 g/mol. The van der Waals surface area contributed by atoms with Gasteiger partial charge in [0.15, 0.2) is 5.17 Å². The second kappa shape index (κ2) is 7.93. The van der Waals surface area contributed by atoms with Crippen molar-refractivity contribution in [1.29, 1.82) is 0 Å². The van der Waals surface area contributed by atoms with Crippen molar-refractivity contribution in [3.63, 3.8) is 0 Å². The quantitative estimate of drug-likeness (QED) is 0.315. The Kier molecular flexibility index (Phi) is 4.96. The third kappa shape index (κ3) is 3.47. The molecule has 1 N–H and O–H groups in total. The molecular formula is C26H21N3OS. The van der Waals surface area contributed by atoms with Crippen molar-refractivity contribution >= 4 is 56.3 Å². The standard InChI is InChI=1S/C26H21N3OS/c1-3-15-29-17(2)21(20-12-6-7-14-23(20)29)16-24-25(30)28-26(31-24)27-22-13-8-10-18-9-4-5-11-19(18)22/h3-14,16H,1,15H2,2H3,(H,27,28,30)/b24-16-. The predicted octanol–water partition coefficient (Wildman–Crippen LogP) is 6.18. The smallest absolute Gasteiger partial charge is 0.264 e. The predicted molar refractivity (Wildman–Crippen MR) is 132 cm³/mol. The van der Waals surface area contributed by atoms with Crippen LogP contribution in [0.4, 0.5) is 5.69 Å².